The highest BCUT2D eigenvalue weighted by Gasteiger charge is 2.09. The van der Waals surface area contributed by atoms with Gasteiger partial charge in [0.2, 0.25) is 0 Å². The second-order valence-electron chi connectivity index (χ2n) is 2.65. The highest BCUT2D eigenvalue weighted by atomic mass is 19.1. The number of halogens is 1. The average Bonchev–Trinajstić information content (AvgIpc) is 2.19. The Labute approximate surface area is 81.2 Å². The van der Waals surface area contributed by atoms with Crippen molar-refractivity contribution in [1.82, 2.24) is 5.48 Å². The highest BCUT2D eigenvalue weighted by Crippen LogP contribution is 2.29. The van der Waals surface area contributed by atoms with Gasteiger partial charge in [-0.1, -0.05) is 0 Å². The van der Waals surface area contributed by atoms with E-state index >= 15 is 0 Å². The lowest BCUT2D eigenvalue weighted by atomic mass is 10.2. The molecule has 0 atom stereocenters. The van der Waals surface area contributed by atoms with Crippen molar-refractivity contribution in [3.05, 3.63) is 23.5 Å². The summed E-state index contributed by atoms with van der Waals surface area (Å²) in [5.74, 6) is -1.08. The number of methoxy groups -OCH3 is 1. The zero-order chi connectivity index (χ0) is 10.6. The topological polar surface area (TPSA) is 50.7 Å². The van der Waals surface area contributed by atoms with E-state index in [9.17, 15) is 9.50 Å². The molecule has 0 unspecified atom stereocenters. The molecule has 0 aliphatic carbocycles. The van der Waals surface area contributed by atoms with Crippen LogP contribution in [0.2, 0.25) is 0 Å². The lowest BCUT2D eigenvalue weighted by Crippen LogP contribution is -2.11. The fourth-order valence-corrected chi connectivity index (χ4v) is 1.04. The van der Waals surface area contributed by atoms with E-state index in [1.165, 1.54) is 26.4 Å². The largest absolute Gasteiger partial charge is 0.502 e. The van der Waals surface area contributed by atoms with E-state index in [2.05, 4.69) is 10.3 Å². The molecule has 0 bridgehead atoms. The van der Waals surface area contributed by atoms with E-state index < -0.39 is 11.6 Å². The zero-order valence-corrected chi connectivity index (χ0v) is 8.00. The number of nitrogens with one attached hydrogen (secondary N) is 1. The van der Waals surface area contributed by atoms with Crippen LogP contribution in [0.3, 0.4) is 0 Å². The van der Waals surface area contributed by atoms with Gasteiger partial charge in [0, 0.05) is 6.54 Å². The van der Waals surface area contributed by atoms with Crippen LogP contribution in [0.15, 0.2) is 12.1 Å². The summed E-state index contributed by atoms with van der Waals surface area (Å²) in [6.45, 7) is 0.337. The van der Waals surface area contributed by atoms with Crippen LogP contribution in [-0.2, 0) is 11.4 Å². The molecule has 0 aromatic heterocycles. The van der Waals surface area contributed by atoms with Gasteiger partial charge in [-0.3, -0.25) is 0 Å². The normalized spacial score (nSPS) is 10.2. The van der Waals surface area contributed by atoms with Gasteiger partial charge in [-0.25, -0.2) is 4.39 Å². The highest BCUT2D eigenvalue weighted by molar-refractivity contribution is 5.43. The molecule has 4 nitrogen and oxygen atoms in total. The summed E-state index contributed by atoms with van der Waals surface area (Å²) < 4.78 is 17.8. The zero-order valence-electron chi connectivity index (χ0n) is 8.00. The molecule has 2 N–H and O–H groups in total. The maximum absolute atomic E-state index is 13.1. The number of benzene rings is 1. The van der Waals surface area contributed by atoms with E-state index in [4.69, 9.17) is 4.74 Å². The number of phenolic OH excluding ortho intramolecular Hbond substituents is 1. The van der Waals surface area contributed by atoms with Gasteiger partial charge >= 0.3 is 0 Å². The number of ether oxygens (including phenoxy) is 1. The van der Waals surface area contributed by atoms with Crippen molar-refractivity contribution in [2.45, 2.75) is 6.54 Å². The van der Waals surface area contributed by atoms with Crippen molar-refractivity contribution in [3.63, 3.8) is 0 Å². The minimum atomic E-state index is -0.711. The Morgan fingerprint density at radius 2 is 2.14 bits per heavy atom. The molecule has 0 heterocycles. The molecular weight excluding hydrogens is 189 g/mol. The molecule has 1 aromatic carbocycles. The number of hydrogen-bond donors (Lipinski definition) is 2. The van der Waals surface area contributed by atoms with Gasteiger partial charge in [-0.15, -0.1) is 0 Å². The third-order valence-electron chi connectivity index (χ3n) is 1.73. The first-order chi connectivity index (χ1) is 6.69. The van der Waals surface area contributed by atoms with Crippen molar-refractivity contribution < 1.29 is 19.1 Å². The molecule has 78 valence electrons. The standard InChI is InChI=1S/C9H12FNO3/c1-13-8-4-6(5-11-14-2)3-7(10)9(8)12/h3-4,11-12H,5H2,1-2H3. The Hall–Kier alpha value is -1.33. The number of phenols is 1. The smallest absolute Gasteiger partial charge is 0.194 e. The van der Waals surface area contributed by atoms with Crippen LogP contribution in [0.25, 0.3) is 0 Å². The predicted molar refractivity (Wildman–Crippen MR) is 48.5 cm³/mol. The van der Waals surface area contributed by atoms with E-state index in [0.29, 0.717) is 12.1 Å². The van der Waals surface area contributed by atoms with Gasteiger partial charge in [0.05, 0.1) is 14.2 Å². The number of hydroxylamine groups is 1. The molecule has 0 radical (unpaired) electrons. The van der Waals surface area contributed by atoms with E-state index in [-0.39, 0.29) is 5.75 Å². The van der Waals surface area contributed by atoms with Crippen LogP contribution in [0.5, 0.6) is 11.5 Å². The summed E-state index contributed by atoms with van der Waals surface area (Å²) in [5.41, 5.74) is 3.18. The summed E-state index contributed by atoms with van der Waals surface area (Å²) >= 11 is 0. The van der Waals surface area contributed by atoms with Gasteiger partial charge in [0.25, 0.3) is 0 Å². The maximum atomic E-state index is 13.1. The van der Waals surface area contributed by atoms with Crippen LogP contribution in [0, 0.1) is 5.82 Å². The minimum absolute atomic E-state index is 0.109. The monoisotopic (exact) mass is 201 g/mol. The predicted octanol–water partition coefficient (Wildman–Crippen LogP) is 1.19. The Morgan fingerprint density at radius 1 is 1.43 bits per heavy atom. The first kappa shape index (κ1) is 10.7. The molecular formula is C9H12FNO3. The Morgan fingerprint density at radius 3 is 2.71 bits per heavy atom. The first-order valence-electron chi connectivity index (χ1n) is 4.00. The molecule has 14 heavy (non-hydrogen) atoms. The van der Waals surface area contributed by atoms with Crippen LogP contribution in [0.4, 0.5) is 4.39 Å². The van der Waals surface area contributed by atoms with E-state index in [1.807, 2.05) is 0 Å². The van der Waals surface area contributed by atoms with E-state index in [0.717, 1.165) is 0 Å². The fourth-order valence-electron chi connectivity index (χ4n) is 1.04. The van der Waals surface area contributed by atoms with Crippen LogP contribution in [0.1, 0.15) is 5.56 Å². The molecule has 0 fully saturated rings. The minimum Gasteiger partial charge on any atom is -0.502 e. The quantitative estimate of drug-likeness (QED) is 0.718. The second-order valence-corrected chi connectivity index (χ2v) is 2.65. The molecule has 5 heteroatoms. The van der Waals surface area contributed by atoms with Crippen LogP contribution >= 0.6 is 0 Å². The Balaban J connectivity index is 2.91. The van der Waals surface area contributed by atoms with E-state index in [1.54, 1.807) is 0 Å². The lowest BCUT2D eigenvalue weighted by molar-refractivity contribution is 0.0866. The van der Waals surface area contributed by atoms with Gasteiger partial charge in [-0.2, -0.15) is 5.48 Å². The van der Waals surface area contributed by atoms with Gasteiger partial charge < -0.3 is 14.7 Å². The van der Waals surface area contributed by atoms with Gasteiger partial charge in [0.1, 0.15) is 0 Å². The summed E-state index contributed by atoms with van der Waals surface area (Å²) in [6.07, 6.45) is 0. The average molecular weight is 201 g/mol. The second kappa shape index (κ2) is 4.78. The maximum Gasteiger partial charge on any atom is 0.194 e. The van der Waals surface area contributed by atoms with Crippen molar-refractivity contribution in [2.75, 3.05) is 14.2 Å². The fraction of sp³-hybridized carbons (Fsp3) is 0.333. The summed E-state index contributed by atoms with van der Waals surface area (Å²) in [5, 5.41) is 9.20. The van der Waals surface area contributed by atoms with Crippen molar-refractivity contribution in [1.29, 1.82) is 0 Å². The Kier molecular flexibility index (Phi) is 3.67. The molecule has 0 aliphatic rings. The number of hydrogen-bond acceptors (Lipinski definition) is 4. The molecule has 0 spiro atoms. The molecule has 1 aromatic rings. The Bertz CT molecular complexity index is 317. The summed E-state index contributed by atoms with van der Waals surface area (Å²) in [6, 6.07) is 2.74. The molecule has 1 rings (SSSR count). The van der Waals surface area contributed by atoms with Crippen LogP contribution in [-0.4, -0.2) is 19.3 Å². The third kappa shape index (κ3) is 2.34. The summed E-state index contributed by atoms with van der Waals surface area (Å²) in [7, 11) is 2.83. The van der Waals surface area contributed by atoms with Crippen molar-refractivity contribution in [2.24, 2.45) is 0 Å². The number of aromatic hydroxyl groups is 1. The van der Waals surface area contributed by atoms with Crippen molar-refractivity contribution >= 4 is 0 Å². The summed E-state index contributed by atoms with van der Waals surface area (Å²) in [4.78, 5) is 4.61. The number of rotatable bonds is 4. The van der Waals surface area contributed by atoms with Crippen molar-refractivity contribution in [3.8, 4) is 11.5 Å². The molecule has 0 saturated heterocycles. The SMILES string of the molecule is CONCc1cc(F)c(O)c(OC)c1. The van der Waals surface area contributed by atoms with Gasteiger partial charge in [0.15, 0.2) is 17.3 Å². The first-order valence-corrected chi connectivity index (χ1v) is 4.00. The molecule has 0 amide bonds. The van der Waals surface area contributed by atoms with Crippen LogP contribution < -0.4 is 10.2 Å². The van der Waals surface area contributed by atoms with Gasteiger partial charge in [-0.05, 0) is 17.7 Å². The third-order valence-corrected chi connectivity index (χ3v) is 1.73. The molecule has 0 saturated carbocycles. The molecule has 0 aliphatic heterocycles. The lowest BCUT2D eigenvalue weighted by Gasteiger charge is -2.07.